The molecule has 0 spiro atoms. The van der Waals surface area contributed by atoms with Crippen molar-refractivity contribution in [2.24, 2.45) is 11.3 Å². The maximum Gasteiger partial charge on any atom is 0.490 e. The van der Waals surface area contributed by atoms with Gasteiger partial charge in [-0.3, -0.25) is 0 Å². The molecule has 4 atom stereocenters. The van der Waals surface area contributed by atoms with Crippen LogP contribution in [-0.2, 0) is 11.0 Å². The van der Waals surface area contributed by atoms with Gasteiger partial charge in [0.05, 0.1) is 29.0 Å². The van der Waals surface area contributed by atoms with Crippen molar-refractivity contribution >= 4 is 28.4 Å². The third-order valence-electron chi connectivity index (χ3n) is 10.1. The number of nitrogen functional groups attached to an aromatic ring is 1. The summed E-state index contributed by atoms with van der Waals surface area (Å²) in [5.74, 6) is -8.36. The van der Waals surface area contributed by atoms with Crippen LogP contribution >= 0.6 is 0 Å². The van der Waals surface area contributed by atoms with Crippen molar-refractivity contribution < 1.29 is 62.9 Å². The second-order valence-electron chi connectivity index (χ2n) is 14.1. The van der Waals surface area contributed by atoms with Crippen molar-refractivity contribution in [2.45, 2.75) is 64.0 Å². The normalized spacial score (nSPS) is 23.1. The third-order valence-corrected chi connectivity index (χ3v) is 10.1. The Bertz CT molecular complexity index is 2010. The number of ether oxygens (including phenoxy) is 1. The first kappa shape index (κ1) is 41.5. The topological polar surface area (TPSA) is 141 Å². The van der Waals surface area contributed by atoms with Crippen molar-refractivity contribution in [2.75, 3.05) is 50.5 Å². The van der Waals surface area contributed by atoms with Crippen molar-refractivity contribution in [3.8, 4) is 23.2 Å². The van der Waals surface area contributed by atoms with Gasteiger partial charge >= 0.3 is 24.3 Å². The molecule has 10 nitrogen and oxygen atoms in total. The van der Waals surface area contributed by atoms with Gasteiger partial charge in [-0.1, -0.05) is 6.92 Å². The quantitative estimate of drug-likeness (QED) is 0.183. The number of nitriles is 1. The van der Waals surface area contributed by atoms with E-state index in [1.54, 1.807) is 18.9 Å². The average Bonchev–Trinajstić information content (AvgIpc) is 3.42. The minimum absolute atomic E-state index is 0.0354. The summed E-state index contributed by atoms with van der Waals surface area (Å²) >= 11 is 0. The van der Waals surface area contributed by atoms with Crippen LogP contribution in [0.2, 0.25) is 0 Å². The second kappa shape index (κ2) is 15.1. The highest BCUT2D eigenvalue weighted by atomic mass is 19.4. The lowest BCUT2D eigenvalue weighted by atomic mass is 9.73. The average molecular weight is 798 g/mol. The molecule has 2 aromatic carbocycles. The van der Waals surface area contributed by atoms with E-state index in [4.69, 9.17) is 20.4 Å². The molecule has 2 bridgehead atoms. The lowest BCUT2D eigenvalue weighted by molar-refractivity contribution is -0.192. The number of nitrogens with one attached hydrogen (secondary N) is 1. The molecule has 4 N–H and O–H groups in total. The van der Waals surface area contributed by atoms with Crippen LogP contribution in [0.3, 0.4) is 0 Å². The van der Waals surface area contributed by atoms with E-state index in [0.29, 0.717) is 19.6 Å². The van der Waals surface area contributed by atoms with Crippen molar-refractivity contribution in [1.82, 2.24) is 20.2 Å². The molecule has 3 saturated heterocycles. The third kappa shape index (κ3) is 8.15. The van der Waals surface area contributed by atoms with Gasteiger partial charge in [-0.05, 0) is 51.4 Å². The highest BCUT2D eigenvalue weighted by Crippen LogP contribution is 2.47. The molecule has 1 aromatic heterocycles. The Kier molecular flexibility index (Phi) is 11.4. The predicted molar refractivity (Wildman–Crippen MR) is 175 cm³/mol. The van der Waals surface area contributed by atoms with Crippen molar-refractivity contribution in [3.63, 3.8) is 0 Å². The van der Waals surface area contributed by atoms with Crippen LogP contribution in [0.5, 0.6) is 6.01 Å². The van der Waals surface area contributed by atoms with E-state index in [1.807, 2.05) is 4.90 Å². The molecule has 6 rings (SSSR count). The summed E-state index contributed by atoms with van der Waals surface area (Å²) in [6.45, 7) is 3.54. The largest absolute Gasteiger partial charge is 0.490 e. The zero-order chi connectivity index (χ0) is 40.9. The molecule has 0 amide bonds. The summed E-state index contributed by atoms with van der Waals surface area (Å²) in [4.78, 5) is 21.2. The maximum absolute atomic E-state index is 16.7. The molecule has 21 heteroatoms. The number of benzene rings is 2. The second-order valence-corrected chi connectivity index (χ2v) is 14.1. The number of likely N-dealkylation sites (tertiary alicyclic amines) is 1. The van der Waals surface area contributed by atoms with Gasteiger partial charge in [-0.15, -0.1) is 0 Å². The van der Waals surface area contributed by atoms with Gasteiger partial charge in [0, 0.05) is 54.0 Å². The first-order valence-corrected chi connectivity index (χ1v) is 16.7. The van der Waals surface area contributed by atoms with Crippen LogP contribution in [0.25, 0.3) is 22.0 Å². The summed E-state index contributed by atoms with van der Waals surface area (Å²) < 4.78 is 157. The minimum Gasteiger partial charge on any atom is -0.475 e. The zero-order valence-electron chi connectivity index (χ0n) is 29.3. The Balaban J connectivity index is 0.000000757. The number of anilines is 2. The lowest BCUT2D eigenvalue weighted by Gasteiger charge is -2.44. The number of carbonyl (C=O) groups is 1. The highest BCUT2D eigenvalue weighted by molar-refractivity contribution is 5.96. The minimum atomic E-state index is -5.34. The summed E-state index contributed by atoms with van der Waals surface area (Å²) in [5.41, 5.74) is -3.49. The summed E-state index contributed by atoms with van der Waals surface area (Å²) in [6, 6.07) is 1.77. The molecule has 3 aliphatic heterocycles. The van der Waals surface area contributed by atoms with Crippen LogP contribution < -0.4 is 20.7 Å². The van der Waals surface area contributed by atoms with E-state index in [1.165, 1.54) is 6.07 Å². The maximum atomic E-state index is 16.7. The number of alkyl halides is 8. The molecule has 3 aromatic rings. The molecule has 55 heavy (non-hydrogen) atoms. The molecule has 3 fully saturated rings. The lowest BCUT2D eigenvalue weighted by Crippen LogP contribution is -2.51. The summed E-state index contributed by atoms with van der Waals surface area (Å²) in [5, 5.41) is 20.1. The number of nitrogens with zero attached hydrogens (tertiary/aromatic N) is 5. The molecule has 0 saturated carbocycles. The van der Waals surface area contributed by atoms with Crippen LogP contribution in [0.15, 0.2) is 6.07 Å². The van der Waals surface area contributed by atoms with Gasteiger partial charge < -0.3 is 30.7 Å². The van der Waals surface area contributed by atoms with Crippen molar-refractivity contribution in [1.29, 1.82) is 5.26 Å². The zero-order valence-corrected chi connectivity index (χ0v) is 29.3. The van der Waals surface area contributed by atoms with Crippen LogP contribution in [0, 0.1) is 47.0 Å². The Hall–Kier alpha value is -4.71. The molecule has 0 unspecified atom stereocenters. The number of piperidine rings is 1. The van der Waals surface area contributed by atoms with Gasteiger partial charge in [-0.25, -0.2) is 26.7 Å². The van der Waals surface area contributed by atoms with Gasteiger partial charge in [0.25, 0.3) is 0 Å². The van der Waals surface area contributed by atoms with E-state index in [2.05, 4.69) is 15.3 Å². The van der Waals surface area contributed by atoms with Crippen LogP contribution in [0.1, 0.15) is 42.9 Å². The Morgan fingerprint density at radius 3 is 2.22 bits per heavy atom. The van der Waals surface area contributed by atoms with Gasteiger partial charge in [0.2, 0.25) is 6.43 Å². The number of hydrogen-bond acceptors (Lipinski definition) is 9. The van der Waals surface area contributed by atoms with E-state index >= 15 is 8.78 Å². The first-order chi connectivity index (χ1) is 25.5. The molecule has 300 valence electrons. The van der Waals surface area contributed by atoms with Gasteiger partial charge in [-0.2, -0.15) is 41.6 Å². The summed E-state index contributed by atoms with van der Waals surface area (Å²) in [7, 11) is 1.78. The van der Waals surface area contributed by atoms with E-state index in [9.17, 15) is 44.8 Å². The smallest absolute Gasteiger partial charge is 0.475 e. The predicted octanol–water partition coefficient (Wildman–Crippen LogP) is 6.67. The monoisotopic (exact) mass is 797 g/mol. The van der Waals surface area contributed by atoms with Crippen LogP contribution in [0.4, 0.5) is 59.8 Å². The standard InChI is InChI=1S/C32H33F8N7O.C2HF3O2/c1-14-23(32(38,39)40)21(18(9-41)26(42)24(14)34)22-20(33)8-17-27(25(22)35)44-30(45-29(17)47-10-15-4-5-16(11-47)43-15)48-13-31(2)12-46(3)7-6-19(31)28(36)37;3-2(4,5)1(6)7/h8,15-16,19,28,43H,4-7,10-13,42H2,1-3H3;(H,6,7)/t15-,16+,19-,31+;/m1./s1. The van der Waals surface area contributed by atoms with E-state index in [-0.39, 0.29) is 42.9 Å². The van der Waals surface area contributed by atoms with Gasteiger partial charge in [0.15, 0.2) is 11.6 Å². The first-order valence-electron chi connectivity index (χ1n) is 16.7. The number of rotatable bonds is 6. The van der Waals surface area contributed by atoms with E-state index < -0.39 is 98.6 Å². The Morgan fingerprint density at radius 1 is 1.09 bits per heavy atom. The molecule has 0 aliphatic carbocycles. The SMILES string of the molecule is Cc1c(F)c(N)c(C#N)c(-c2c(F)cc3c(N4C[C@H]5CC[C@@H](C4)N5)nc(OC[C@]4(C)CN(C)CC[C@@H]4C(F)F)nc3c2F)c1C(F)(F)F.O=C(O)C(F)(F)F. The molecule has 4 heterocycles. The number of aliphatic carboxylic acids is 1. The summed E-state index contributed by atoms with van der Waals surface area (Å²) in [6.07, 6.45) is -11.2. The van der Waals surface area contributed by atoms with Gasteiger partial charge in [0.1, 0.15) is 23.2 Å². The number of carboxylic acids is 1. The molecule has 3 aliphatic rings. The van der Waals surface area contributed by atoms with E-state index in [0.717, 1.165) is 25.8 Å². The molecular weight excluding hydrogens is 763 g/mol. The number of carboxylic acid groups (broad SMARTS) is 1. The van der Waals surface area contributed by atoms with Crippen molar-refractivity contribution in [3.05, 3.63) is 40.2 Å². The Labute approximate surface area is 306 Å². The Morgan fingerprint density at radius 2 is 1.69 bits per heavy atom. The number of aromatic nitrogens is 2. The number of piperazine rings is 1. The fraction of sp³-hybridized carbons (Fsp3) is 0.529. The van der Waals surface area contributed by atoms with Crippen LogP contribution in [-0.4, -0.2) is 90.5 Å². The number of nitrogens with two attached hydrogens (primary N) is 1. The highest BCUT2D eigenvalue weighted by Gasteiger charge is 2.45. The molecule has 0 radical (unpaired) electrons. The fourth-order valence-corrected chi connectivity index (χ4v) is 7.59. The fourth-order valence-electron chi connectivity index (χ4n) is 7.59. The molecular formula is C34H34F11N7O3. The number of halogens is 11. The number of hydrogen-bond donors (Lipinski definition) is 3. The number of fused-ring (bicyclic) bond motifs is 3.